The number of hydrogen-bond acceptors (Lipinski definition) is 4. The topological polar surface area (TPSA) is 83.6 Å². The van der Waals surface area contributed by atoms with Crippen molar-refractivity contribution in [3.63, 3.8) is 0 Å². The van der Waals surface area contributed by atoms with Crippen LogP contribution in [0.15, 0.2) is 53.4 Å². The molecule has 2 amide bonds. The van der Waals surface area contributed by atoms with Gasteiger partial charge < -0.3 is 10.2 Å². The van der Waals surface area contributed by atoms with Crippen LogP contribution in [0.5, 0.6) is 0 Å². The molecule has 1 heterocycles. The summed E-state index contributed by atoms with van der Waals surface area (Å²) in [4.78, 5) is 26.8. The molecule has 0 bridgehead atoms. The molecule has 1 N–H and O–H groups in total. The summed E-state index contributed by atoms with van der Waals surface area (Å²) in [5.74, 6) is -2.07. The third-order valence-electron chi connectivity index (χ3n) is 5.06. The smallest absolute Gasteiger partial charge is 0.351 e. The number of halogens is 3. The lowest BCUT2D eigenvalue weighted by atomic mass is 9.95. The Morgan fingerprint density at radius 2 is 1.84 bits per heavy atom. The van der Waals surface area contributed by atoms with Crippen LogP contribution in [0, 0.1) is 5.92 Å². The molecule has 31 heavy (non-hydrogen) atoms. The maximum absolute atomic E-state index is 13.0. The van der Waals surface area contributed by atoms with Gasteiger partial charge in [0, 0.05) is 25.0 Å². The molecule has 3 rings (SSSR count). The zero-order chi connectivity index (χ0) is 22.8. The van der Waals surface area contributed by atoms with Gasteiger partial charge in [-0.1, -0.05) is 18.2 Å². The second-order valence-corrected chi connectivity index (χ2v) is 9.38. The number of amides is 2. The first-order valence-corrected chi connectivity index (χ1v) is 11.4. The second-order valence-electron chi connectivity index (χ2n) is 7.37. The van der Waals surface area contributed by atoms with Crippen LogP contribution in [0.4, 0.5) is 18.9 Å². The van der Waals surface area contributed by atoms with Gasteiger partial charge in [-0.3, -0.25) is 9.59 Å². The molecule has 10 heteroatoms. The molecule has 0 saturated carbocycles. The third-order valence-corrected chi connectivity index (χ3v) is 6.19. The lowest BCUT2D eigenvalue weighted by Gasteiger charge is -2.32. The number of nitrogens with one attached hydrogen (secondary N) is 1. The largest absolute Gasteiger partial charge is 0.416 e. The number of piperidine rings is 1. The number of hydrogen-bond donors (Lipinski definition) is 1. The Hall–Kier alpha value is -2.88. The Balaban J connectivity index is 1.68. The predicted molar refractivity (Wildman–Crippen MR) is 108 cm³/mol. The maximum atomic E-state index is 13.0. The number of nitrogens with zero attached hydrogens (tertiary/aromatic N) is 1. The van der Waals surface area contributed by atoms with E-state index in [9.17, 15) is 31.2 Å². The van der Waals surface area contributed by atoms with Crippen LogP contribution in [0.25, 0.3) is 0 Å². The van der Waals surface area contributed by atoms with Crippen LogP contribution >= 0.6 is 0 Å². The fourth-order valence-corrected chi connectivity index (χ4v) is 4.02. The van der Waals surface area contributed by atoms with Crippen LogP contribution in [-0.2, 0) is 32.1 Å². The molecule has 0 aliphatic carbocycles. The summed E-state index contributed by atoms with van der Waals surface area (Å²) in [6.45, 7) is 0.326. The molecule has 1 aliphatic rings. The Morgan fingerprint density at radius 3 is 2.45 bits per heavy atom. The minimum absolute atomic E-state index is 0.0935. The molecule has 1 fully saturated rings. The van der Waals surface area contributed by atoms with Crippen molar-refractivity contribution in [2.24, 2.45) is 5.92 Å². The highest BCUT2D eigenvalue weighted by molar-refractivity contribution is 7.90. The highest BCUT2D eigenvalue weighted by Gasteiger charge is 2.36. The molecule has 6 nitrogen and oxygen atoms in total. The van der Waals surface area contributed by atoms with Gasteiger partial charge in [0.25, 0.3) is 0 Å². The highest BCUT2D eigenvalue weighted by atomic mass is 32.2. The van der Waals surface area contributed by atoms with E-state index in [0.29, 0.717) is 18.4 Å². The SMILES string of the molecule is CS(=O)(=O)c1ccc(CNC(=O)C2CCCN(c3cccc(C(F)(F)F)c3)C2=O)cc1. The first-order chi connectivity index (χ1) is 14.5. The Labute approximate surface area is 178 Å². The summed E-state index contributed by atoms with van der Waals surface area (Å²) in [6.07, 6.45) is -2.66. The summed E-state index contributed by atoms with van der Waals surface area (Å²) < 4.78 is 62.0. The number of sulfone groups is 1. The number of benzene rings is 2. The average Bonchev–Trinajstić information content (AvgIpc) is 2.71. The van der Waals surface area contributed by atoms with Gasteiger partial charge in [-0.2, -0.15) is 13.2 Å². The summed E-state index contributed by atoms with van der Waals surface area (Å²) in [5.41, 5.74) is -0.102. The van der Waals surface area contributed by atoms with Gasteiger partial charge in [0.15, 0.2) is 9.84 Å². The van der Waals surface area contributed by atoms with Crippen molar-refractivity contribution in [3.05, 3.63) is 59.7 Å². The van der Waals surface area contributed by atoms with Crippen LogP contribution < -0.4 is 10.2 Å². The highest BCUT2D eigenvalue weighted by Crippen LogP contribution is 2.33. The lowest BCUT2D eigenvalue weighted by molar-refractivity contribution is -0.138. The van der Waals surface area contributed by atoms with Gasteiger partial charge in [0.05, 0.1) is 10.5 Å². The Kier molecular flexibility index (Phi) is 6.40. The summed E-state index contributed by atoms with van der Waals surface area (Å²) in [5, 5.41) is 2.65. The standard InChI is InChI=1S/C21H21F3N2O4S/c1-31(29,30)17-9-7-14(8-10-17)13-25-19(27)18-6-3-11-26(20(18)28)16-5-2-4-15(12-16)21(22,23)24/h2,4-5,7-10,12,18H,3,6,11,13H2,1H3,(H,25,27). The molecular weight excluding hydrogens is 433 g/mol. The minimum atomic E-state index is -4.53. The summed E-state index contributed by atoms with van der Waals surface area (Å²) in [6, 6.07) is 10.5. The van der Waals surface area contributed by atoms with E-state index in [1.54, 1.807) is 12.1 Å². The van der Waals surface area contributed by atoms with Gasteiger partial charge in [0.1, 0.15) is 5.92 Å². The van der Waals surface area contributed by atoms with E-state index in [0.717, 1.165) is 18.4 Å². The van der Waals surface area contributed by atoms with E-state index in [1.807, 2.05) is 0 Å². The van der Waals surface area contributed by atoms with Crippen molar-refractivity contribution in [1.29, 1.82) is 0 Å². The van der Waals surface area contributed by atoms with E-state index < -0.39 is 39.3 Å². The summed E-state index contributed by atoms with van der Waals surface area (Å²) >= 11 is 0. The predicted octanol–water partition coefficient (Wildman–Crippen LogP) is 3.17. The van der Waals surface area contributed by atoms with Gasteiger partial charge in [-0.15, -0.1) is 0 Å². The molecular formula is C21H21F3N2O4S. The quantitative estimate of drug-likeness (QED) is 0.704. The van der Waals surface area contributed by atoms with Crippen LogP contribution in [0.1, 0.15) is 24.0 Å². The van der Waals surface area contributed by atoms with E-state index in [-0.39, 0.29) is 23.7 Å². The lowest BCUT2D eigenvalue weighted by Crippen LogP contribution is -2.47. The molecule has 1 unspecified atom stereocenters. The second kappa shape index (κ2) is 8.70. The van der Waals surface area contributed by atoms with Crippen LogP contribution in [-0.4, -0.2) is 33.0 Å². The van der Waals surface area contributed by atoms with Crippen LogP contribution in [0.3, 0.4) is 0 Å². The fourth-order valence-electron chi connectivity index (χ4n) is 3.39. The van der Waals surface area contributed by atoms with Crippen molar-refractivity contribution < 1.29 is 31.2 Å². The number of carbonyl (C=O) groups is 2. The molecule has 0 aromatic heterocycles. The monoisotopic (exact) mass is 454 g/mol. The molecule has 1 atom stereocenters. The van der Waals surface area contributed by atoms with Gasteiger partial charge in [-0.05, 0) is 48.7 Å². The van der Waals surface area contributed by atoms with E-state index in [4.69, 9.17) is 0 Å². The molecule has 0 spiro atoms. The van der Waals surface area contributed by atoms with Crippen molar-refractivity contribution >= 4 is 27.3 Å². The average molecular weight is 454 g/mol. The van der Waals surface area contributed by atoms with Gasteiger partial charge in [-0.25, -0.2) is 8.42 Å². The first-order valence-electron chi connectivity index (χ1n) is 9.52. The molecule has 2 aromatic rings. The number of anilines is 1. The zero-order valence-electron chi connectivity index (χ0n) is 16.6. The first kappa shape index (κ1) is 22.8. The number of carbonyl (C=O) groups excluding carboxylic acids is 2. The fraction of sp³-hybridized carbons (Fsp3) is 0.333. The summed E-state index contributed by atoms with van der Waals surface area (Å²) in [7, 11) is -3.33. The minimum Gasteiger partial charge on any atom is -0.351 e. The van der Waals surface area contributed by atoms with Gasteiger partial charge in [0.2, 0.25) is 11.8 Å². The van der Waals surface area contributed by atoms with Gasteiger partial charge >= 0.3 is 6.18 Å². The van der Waals surface area contributed by atoms with E-state index in [1.165, 1.54) is 29.2 Å². The van der Waals surface area contributed by atoms with Crippen molar-refractivity contribution in [2.45, 2.75) is 30.5 Å². The molecule has 1 aliphatic heterocycles. The molecule has 2 aromatic carbocycles. The van der Waals surface area contributed by atoms with E-state index >= 15 is 0 Å². The van der Waals surface area contributed by atoms with E-state index in [2.05, 4.69) is 5.32 Å². The maximum Gasteiger partial charge on any atom is 0.416 e. The van der Waals surface area contributed by atoms with Crippen molar-refractivity contribution in [2.75, 3.05) is 17.7 Å². The molecule has 0 radical (unpaired) electrons. The van der Waals surface area contributed by atoms with Crippen molar-refractivity contribution in [1.82, 2.24) is 5.32 Å². The Bertz CT molecular complexity index is 1080. The van der Waals surface area contributed by atoms with Crippen molar-refractivity contribution in [3.8, 4) is 0 Å². The normalized spacial score (nSPS) is 17.5. The zero-order valence-corrected chi connectivity index (χ0v) is 17.5. The number of alkyl halides is 3. The van der Waals surface area contributed by atoms with Crippen LogP contribution in [0.2, 0.25) is 0 Å². The third kappa shape index (κ3) is 5.43. The molecule has 166 valence electrons. The Morgan fingerprint density at radius 1 is 1.16 bits per heavy atom. The number of rotatable bonds is 5. The molecule has 1 saturated heterocycles.